The number of carbonyl (C=O) groups is 1. The molecule has 0 fully saturated rings. The SMILES string of the molecule is CCNc1cc(C)ncc1C(=O)NCc1ccnc(C)n1. The summed E-state index contributed by atoms with van der Waals surface area (Å²) in [6, 6.07) is 3.65. The van der Waals surface area contributed by atoms with Crippen LogP contribution < -0.4 is 10.6 Å². The molecule has 2 N–H and O–H groups in total. The minimum atomic E-state index is -0.172. The summed E-state index contributed by atoms with van der Waals surface area (Å²) in [6.07, 6.45) is 3.27. The van der Waals surface area contributed by atoms with Gasteiger partial charge in [-0.2, -0.15) is 0 Å². The Kier molecular flexibility index (Phi) is 4.81. The summed E-state index contributed by atoms with van der Waals surface area (Å²) < 4.78 is 0. The van der Waals surface area contributed by atoms with Crippen molar-refractivity contribution >= 4 is 11.6 Å². The van der Waals surface area contributed by atoms with E-state index in [9.17, 15) is 4.79 Å². The van der Waals surface area contributed by atoms with Crippen LogP contribution >= 0.6 is 0 Å². The number of nitrogens with one attached hydrogen (secondary N) is 2. The number of aryl methyl sites for hydroxylation is 2. The third-order valence-corrected chi connectivity index (χ3v) is 2.92. The van der Waals surface area contributed by atoms with Gasteiger partial charge in [0.15, 0.2) is 0 Å². The van der Waals surface area contributed by atoms with Crippen LogP contribution in [0.5, 0.6) is 0 Å². The molecular formula is C15H19N5O. The second-order valence-electron chi connectivity index (χ2n) is 4.68. The fourth-order valence-electron chi connectivity index (χ4n) is 1.95. The molecule has 2 rings (SSSR count). The first kappa shape index (κ1) is 14.9. The van der Waals surface area contributed by atoms with Crippen molar-refractivity contribution in [3.8, 4) is 0 Å². The summed E-state index contributed by atoms with van der Waals surface area (Å²) in [7, 11) is 0. The highest BCUT2D eigenvalue weighted by Crippen LogP contribution is 2.15. The number of amides is 1. The van der Waals surface area contributed by atoms with E-state index in [0.717, 1.165) is 23.6 Å². The number of carbonyl (C=O) groups excluding carboxylic acids is 1. The third kappa shape index (κ3) is 3.98. The van der Waals surface area contributed by atoms with Gasteiger partial charge >= 0.3 is 0 Å². The second kappa shape index (κ2) is 6.78. The molecular weight excluding hydrogens is 266 g/mol. The van der Waals surface area contributed by atoms with E-state index in [1.165, 1.54) is 0 Å². The topological polar surface area (TPSA) is 79.8 Å². The molecule has 0 unspecified atom stereocenters. The molecule has 0 saturated heterocycles. The molecule has 0 atom stereocenters. The molecule has 2 aromatic rings. The van der Waals surface area contributed by atoms with Gasteiger partial charge in [0.2, 0.25) is 0 Å². The van der Waals surface area contributed by atoms with Crippen LogP contribution in [0.2, 0.25) is 0 Å². The first-order valence-corrected chi connectivity index (χ1v) is 6.87. The maximum atomic E-state index is 12.3. The second-order valence-corrected chi connectivity index (χ2v) is 4.68. The van der Waals surface area contributed by atoms with Crippen molar-refractivity contribution in [1.82, 2.24) is 20.3 Å². The summed E-state index contributed by atoms with van der Waals surface area (Å²) in [5.74, 6) is 0.516. The molecule has 6 nitrogen and oxygen atoms in total. The minimum absolute atomic E-state index is 0.172. The molecule has 0 aliphatic rings. The highest BCUT2D eigenvalue weighted by Gasteiger charge is 2.12. The van der Waals surface area contributed by atoms with E-state index in [1.807, 2.05) is 26.8 Å². The number of hydrogen-bond donors (Lipinski definition) is 2. The first-order valence-electron chi connectivity index (χ1n) is 6.87. The van der Waals surface area contributed by atoms with E-state index >= 15 is 0 Å². The summed E-state index contributed by atoms with van der Waals surface area (Å²) in [4.78, 5) is 24.7. The van der Waals surface area contributed by atoms with Crippen LogP contribution in [0.1, 0.15) is 34.5 Å². The molecule has 0 bridgehead atoms. The molecule has 0 saturated carbocycles. The average Bonchev–Trinajstić information content (AvgIpc) is 2.45. The number of pyridine rings is 1. The quantitative estimate of drug-likeness (QED) is 0.876. The lowest BCUT2D eigenvalue weighted by Gasteiger charge is -2.11. The van der Waals surface area contributed by atoms with Gasteiger partial charge in [0.05, 0.1) is 23.5 Å². The molecule has 0 radical (unpaired) electrons. The third-order valence-electron chi connectivity index (χ3n) is 2.92. The Morgan fingerprint density at radius 2 is 2.10 bits per heavy atom. The molecule has 6 heteroatoms. The Morgan fingerprint density at radius 3 is 2.81 bits per heavy atom. The zero-order valence-corrected chi connectivity index (χ0v) is 12.5. The largest absolute Gasteiger partial charge is 0.385 e. The van der Waals surface area contributed by atoms with Crippen LogP contribution in [0.25, 0.3) is 0 Å². The fourth-order valence-corrected chi connectivity index (χ4v) is 1.95. The highest BCUT2D eigenvalue weighted by atomic mass is 16.1. The molecule has 0 aliphatic carbocycles. The van der Waals surface area contributed by atoms with Gasteiger partial charge in [0, 0.05) is 24.6 Å². The van der Waals surface area contributed by atoms with Gasteiger partial charge in [0.25, 0.3) is 5.91 Å². The molecule has 0 aromatic carbocycles. The van der Waals surface area contributed by atoms with Gasteiger partial charge < -0.3 is 10.6 Å². The van der Waals surface area contributed by atoms with E-state index in [4.69, 9.17) is 0 Å². The van der Waals surface area contributed by atoms with Gasteiger partial charge in [-0.05, 0) is 32.9 Å². The molecule has 0 aliphatic heterocycles. The van der Waals surface area contributed by atoms with E-state index in [2.05, 4.69) is 25.6 Å². The van der Waals surface area contributed by atoms with E-state index in [0.29, 0.717) is 17.9 Å². The maximum absolute atomic E-state index is 12.3. The molecule has 21 heavy (non-hydrogen) atoms. The van der Waals surface area contributed by atoms with Crippen molar-refractivity contribution in [3.05, 3.63) is 47.3 Å². The lowest BCUT2D eigenvalue weighted by atomic mass is 10.2. The van der Waals surface area contributed by atoms with E-state index in [-0.39, 0.29) is 5.91 Å². The summed E-state index contributed by atoms with van der Waals surface area (Å²) >= 11 is 0. The Bertz CT molecular complexity index is 642. The summed E-state index contributed by atoms with van der Waals surface area (Å²) in [6.45, 7) is 6.81. The average molecular weight is 285 g/mol. The first-order chi connectivity index (χ1) is 10.1. The number of nitrogens with zero attached hydrogens (tertiary/aromatic N) is 3. The maximum Gasteiger partial charge on any atom is 0.255 e. The summed E-state index contributed by atoms with van der Waals surface area (Å²) in [5.41, 5.74) is 2.98. The lowest BCUT2D eigenvalue weighted by Crippen LogP contribution is -2.25. The number of hydrogen-bond acceptors (Lipinski definition) is 5. The van der Waals surface area contributed by atoms with Crippen molar-refractivity contribution in [2.45, 2.75) is 27.3 Å². The van der Waals surface area contributed by atoms with Gasteiger partial charge in [-0.15, -0.1) is 0 Å². The fraction of sp³-hybridized carbons (Fsp3) is 0.333. The number of anilines is 1. The summed E-state index contributed by atoms with van der Waals surface area (Å²) in [5, 5.41) is 6.03. The highest BCUT2D eigenvalue weighted by molar-refractivity contribution is 5.99. The predicted molar refractivity (Wildman–Crippen MR) is 81.1 cm³/mol. The Morgan fingerprint density at radius 1 is 1.29 bits per heavy atom. The van der Waals surface area contributed by atoms with E-state index < -0.39 is 0 Å². The standard InChI is InChI=1S/C15H19N5O/c1-4-16-14-7-10(2)18-9-13(14)15(21)19-8-12-5-6-17-11(3)20-12/h5-7,9H,4,8H2,1-3H3,(H,16,18)(H,19,21). The van der Waals surface area contributed by atoms with Gasteiger partial charge in [-0.3, -0.25) is 9.78 Å². The van der Waals surface area contributed by atoms with Crippen LogP contribution in [0.4, 0.5) is 5.69 Å². The van der Waals surface area contributed by atoms with Gasteiger partial charge in [0.1, 0.15) is 5.82 Å². The lowest BCUT2D eigenvalue weighted by molar-refractivity contribution is 0.0951. The van der Waals surface area contributed by atoms with Crippen molar-refractivity contribution in [1.29, 1.82) is 0 Å². The predicted octanol–water partition coefficient (Wildman–Crippen LogP) is 1.85. The van der Waals surface area contributed by atoms with Crippen LogP contribution in [-0.2, 0) is 6.54 Å². The van der Waals surface area contributed by atoms with E-state index in [1.54, 1.807) is 18.5 Å². The van der Waals surface area contributed by atoms with Crippen LogP contribution in [0.15, 0.2) is 24.5 Å². The normalized spacial score (nSPS) is 10.2. The molecule has 2 aromatic heterocycles. The Hall–Kier alpha value is -2.50. The Balaban J connectivity index is 2.09. The molecule has 110 valence electrons. The van der Waals surface area contributed by atoms with Crippen LogP contribution in [-0.4, -0.2) is 27.4 Å². The molecule has 0 spiro atoms. The number of aromatic nitrogens is 3. The van der Waals surface area contributed by atoms with Crippen molar-refractivity contribution in [3.63, 3.8) is 0 Å². The molecule has 2 heterocycles. The van der Waals surface area contributed by atoms with Crippen molar-refractivity contribution < 1.29 is 4.79 Å². The van der Waals surface area contributed by atoms with Gasteiger partial charge in [-0.25, -0.2) is 9.97 Å². The minimum Gasteiger partial charge on any atom is -0.385 e. The zero-order valence-electron chi connectivity index (χ0n) is 12.5. The van der Waals surface area contributed by atoms with Crippen molar-refractivity contribution in [2.24, 2.45) is 0 Å². The van der Waals surface area contributed by atoms with Crippen molar-refractivity contribution in [2.75, 3.05) is 11.9 Å². The van der Waals surface area contributed by atoms with Crippen LogP contribution in [0.3, 0.4) is 0 Å². The van der Waals surface area contributed by atoms with Crippen LogP contribution in [0, 0.1) is 13.8 Å². The smallest absolute Gasteiger partial charge is 0.255 e. The zero-order chi connectivity index (χ0) is 15.2. The number of rotatable bonds is 5. The van der Waals surface area contributed by atoms with Gasteiger partial charge in [-0.1, -0.05) is 0 Å². The monoisotopic (exact) mass is 285 g/mol. The Labute approximate surface area is 124 Å². The molecule has 1 amide bonds.